The normalized spacial score (nSPS) is 12.5. The number of hydrogen-bond donors (Lipinski definition) is 2. The topological polar surface area (TPSA) is 87.3 Å². The van der Waals surface area contributed by atoms with E-state index in [1.807, 2.05) is 0 Å². The summed E-state index contributed by atoms with van der Waals surface area (Å²) in [6.07, 6.45) is 6.12. The molecule has 0 aromatic carbocycles. The Morgan fingerprint density at radius 1 is 1.41 bits per heavy atom. The lowest BCUT2D eigenvalue weighted by Crippen LogP contribution is -2.38. The standard InChI is InChI=1S/C8H14N2O3.C3H3BrN2.C3H8/c1-13-8(12)9-6-7(11)10-4-2-3-5-10;4-3-1-5-2-6-3;1-3-2/h2-6H2,1H3,(H,9,12);1-2H,(H,5,6);3H2,1-2H3. The molecule has 0 saturated carbocycles. The Bertz CT molecular complexity index is 406. The summed E-state index contributed by atoms with van der Waals surface area (Å²) in [5, 5.41) is 2.36. The van der Waals surface area contributed by atoms with Gasteiger partial charge in [0.05, 0.1) is 19.6 Å². The summed E-state index contributed by atoms with van der Waals surface area (Å²) in [6.45, 7) is 5.90. The summed E-state index contributed by atoms with van der Waals surface area (Å²) >= 11 is 3.16. The maximum atomic E-state index is 11.3. The van der Waals surface area contributed by atoms with E-state index in [-0.39, 0.29) is 12.5 Å². The number of ether oxygens (including phenoxy) is 1. The van der Waals surface area contributed by atoms with Gasteiger partial charge in [-0.05, 0) is 28.8 Å². The highest BCUT2D eigenvalue weighted by molar-refractivity contribution is 9.10. The van der Waals surface area contributed by atoms with Gasteiger partial charge in [-0.2, -0.15) is 0 Å². The van der Waals surface area contributed by atoms with Crippen LogP contribution in [0.3, 0.4) is 0 Å². The molecule has 126 valence electrons. The number of carbonyl (C=O) groups is 2. The minimum Gasteiger partial charge on any atom is -0.453 e. The first-order valence-electron chi connectivity index (χ1n) is 7.28. The number of amides is 2. The Balaban J connectivity index is 0.000000404. The van der Waals surface area contributed by atoms with E-state index in [1.54, 1.807) is 17.4 Å². The van der Waals surface area contributed by atoms with E-state index in [1.165, 1.54) is 13.5 Å². The molecule has 2 rings (SSSR count). The summed E-state index contributed by atoms with van der Waals surface area (Å²) in [4.78, 5) is 30.2. The smallest absolute Gasteiger partial charge is 0.407 e. The monoisotopic (exact) mass is 376 g/mol. The molecule has 0 bridgehead atoms. The number of halogens is 1. The van der Waals surface area contributed by atoms with Crippen LogP contribution in [0.2, 0.25) is 0 Å². The number of aromatic amines is 1. The summed E-state index contributed by atoms with van der Waals surface area (Å²) in [5.74, 6) is -0.0390. The SMILES string of the molecule is Brc1cnc[nH]1.CCC.COC(=O)NCC(=O)N1CCCC1. The lowest BCUT2D eigenvalue weighted by Gasteiger charge is -2.14. The number of imidazole rings is 1. The van der Waals surface area contributed by atoms with Crippen LogP contribution in [0.25, 0.3) is 0 Å². The summed E-state index contributed by atoms with van der Waals surface area (Å²) in [5.41, 5.74) is 0. The van der Waals surface area contributed by atoms with Crippen molar-refractivity contribution in [2.24, 2.45) is 0 Å². The first-order valence-corrected chi connectivity index (χ1v) is 8.07. The van der Waals surface area contributed by atoms with Gasteiger partial charge in [-0.3, -0.25) is 4.79 Å². The lowest BCUT2D eigenvalue weighted by atomic mass is 10.4. The van der Waals surface area contributed by atoms with Crippen molar-refractivity contribution in [1.82, 2.24) is 20.2 Å². The Morgan fingerprint density at radius 3 is 2.36 bits per heavy atom. The maximum absolute atomic E-state index is 11.3. The molecule has 2 amide bonds. The van der Waals surface area contributed by atoms with Gasteiger partial charge >= 0.3 is 6.09 Å². The van der Waals surface area contributed by atoms with E-state index in [0.717, 1.165) is 30.5 Å². The molecule has 22 heavy (non-hydrogen) atoms. The van der Waals surface area contributed by atoms with Crippen LogP contribution >= 0.6 is 15.9 Å². The van der Waals surface area contributed by atoms with Crippen LogP contribution in [-0.4, -0.2) is 53.6 Å². The second-order valence-corrected chi connectivity index (χ2v) is 5.39. The fraction of sp³-hybridized carbons (Fsp3) is 0.643. The number of nitrogens with zero attached hydrogens (tertiary/aromatic N) is 2. The molecule has 1 aromatic heterocycles. The van der Waals surface area contributed by atoms with E-state index in [2.05, 4.69) is 49.8 Å². The largest absolute Gasteiger partial charge is 0.453 e. The van der Waals surface area contributed by atoms with Crippen LogP contribution in [0.4, 0.5) is 4.79 Å². The summed E-state index contributed by atoms with van der Waals surface area (Å²) in [6, 6.07) is 0. The molecule has 1 aliphatic rings. The highest BCUT2D eigenvalue weighted by Crippen LogP contribution is 2.06. The third-order valence-electron chi connectivity index (χ3n) is 2.49. The van der Waals surface area contributed by atoms with Crippen molar-refractivity contribution in [1.29, 1.82) is 0 Å². The zero-order valence-corrected chi connectivity index (χ0v) is 15.0. The molecular formula is C14H25BrN4O3. The quantitative estimate of drug-likeness (QED) is 0.829. The summed E-state index contributed by atoms with van der Waals surface area (Å²) in [7, 11) is 1.27. The number of alkyl carbamates (subject to hydrolysis) is 1. The van der Waals surface area contributed by atoms with Gasteiger partial charge in [0.25, 0.3) is 0 Å². The molecule has 0 atom stereocenters. The van der Waals surface area contributed by atoms with Crippen LogP contribution in [0.5, 0.6) is 0 Å². The van der Waals surface area contributed by atoms with Gasteiger partial charge in [-0.25, -0.2) is 9.78 Å². The van der Waals surface area contributed by atoms with Gasteiger partial charge in [0.15, 0.2) is 0 Å². The minimum absolute atomic E-state index is 0.0344. The van der Waals surface area contributed by atoms with Crippen LogP contribution in [0, 0.1) is 0 Å². The zero-order chi connectivity index (χ0) is 16.8. The molecule has 2 heterocycles. The van der Waals surface area contributed by atoms with Gasteiger partial charge in [0.1, 0.15) is 11.1 Å². The van der Waals surface area contributed by atoms with Crippen molar-refractivity contribution < 1.29 is 14.3 Å². The number of nitrogens with one attached hydrogen (secondary N) is 2. The third kappa shape index (κ3) is 10.2. The van der Waals surface area contributed by atoms with Gasteiger partial charge in [-0.15, -0.1) is 0 Å². The fourth-order valence-electron chi connectivity index (χ4n) is 1.54. The number of aromatic nitrogens is 2. The molecular weight excluding hydrogens is 352 g/mol. The number of hydrogen-bond acceptors (Lipinski definition) is 4. The number of H-pyrrole nitrogens is 1. The highest BCUT2D eigenvalue weighted by Gasteiger charge is 2.17. The predicted molar refractivity (Wildman–Crippen MR) is 88.5 cm³/mol. The molecule has 0 spiro atoms. The first kappa shape index (κ1) is 20.4. The van der Waals surface area contributed by atoms with Gasteiger partial charge < -0.3 is 19.9 Å². The molecule has 0 unspecified atom stereocenters. The van der Waals surface area contributed by atoms with Gasteiger partial charge in [0.2, 0.25) is 5.91 Å². The first-order chi connectivity index (χ1) is 10.5. The van der Waals surface area contributed by atoms with Crippen molar-refractivity contribution in [3.05, 3.63) is 17.1 Å². The molecule has 1 aliphatic heterocycles. The van der Waals surface area contributed by atoms with E-state index >= 15 is 0 Å². The van der Waals surface area contributed by atoms with E-state index in [4.69, 9.17) is 0 Å². The van der Waals surface area contributed by atoms with Crippen LogP contribution in [0.1, 0.15) is 33.1 Å². The third-order valence-corrected chi connectivity index (χ3v) is 2.93. The van der Waals surface area contributed by atoms with Crippen LogP contribution < -0.4 is 5.32 Å². The van der Waals surface area contributed by atoms with Crippen molar-refractivity contribution in [3.8, 4) is 0 Å². The Morgan fingerprint density at radius 2 is 2.00 bits per heavy atom. The van der Waals surface area contributed by atoms with Crippen LogP contribution in [0.15, 0.2) is 17.1 Å². The fourth-order valence-corrected chi connectivity index (χ4v) is 1.76. The van der Waals surface area contributed by atoms with Crippen molar-refractivity contribution in [2.75, 3.05) is 26.7 Å². The average Bonchev–Trinajstić information content (AvgIpc) is 3.19. The highest BCUT2D eigenvalue weighted by atomic mass is 79.9. The Labute approximate surface area is 139 Å². The number of rotatable bonds is 2. The molecule has 2 N–H and O–H groups in total. The zero-order valence-electron chi connectivity index (χ0n) is 13.4. The maximum Gasteiger partial charge on any atom is 0.407 e. The molecule has 1 aromatic rings. The van der Waals surface area contributed by atoms with Crippen molar-refractivity contribution >= 4 is 27.9 Å². The molecule has 8 heteroatoms. The van der Waals surface area contributed by atoms with Gasteiger partial charge in [0, 0.05) is 13.1 Å². The van der Waals surface area contributed by atoms with E-state index < -0.39 is 6.09 Å². The number of carbonyl (C=O) groups excluding carboxylic acids is 2. The van der Waals surface area contributed by atoms with E-state index in [0.29, 0.717) is 0 Å². The average molecular weight is 377 g/mol. The molecule has 0 aliphatic carbocycles. The van der Waals surface area contributed by atoms with Crippen LogP contribution in [-0.2, 0) is 9.53 Å². The number of methoxy groups -OCH3 is 1. The molecule has 1 fully saturated rings. The van der Waals surface area contributed by atoms with Crippen molar-refractivity contribution in [3.63, 3.8) is 0 Å². The second kappa shape index (κ2) is 13.1. The van der Waals surface area contributed by atoms with Gasteiger partial charge in [-0.1, -0.05) is 20.3 Å². The summed E-state index contributed by atoms with van der Waals surface area (Å²) < 4.78 is 5.26. The number of likely N-dealkylation sites (tertiary alicyclic amines) is 1. The lowest BCUT2D eigenvalue weighted by molar-refractivity contribution is -0.129. The van der Waals surface area contributed by atoms with Crippen molar-refractivity contribution in [2.45, 2.75) is 33.1 Å². The minimum atomic E-state index is -0.562. The Hall–Kier alpha value is -1.57. The predicted octanol–water partition coefficient (Wildman–Crippen LogP) is 2.55. The van der Waals surface area contributed by atoms with E-state index in [9.17, 15) is 9.59 Å². The molecule has 7 nitrogen and oxygen atoms in total. The molecule has 0 radical (unpaired) electrons. The second-order valence-electron chi connectivity index (χ2n) is 4.54. The molecule has 1 saturated heterocycles. The Kier molecular flexibility index (Phi) is 12.2.